The standard InChI is InChI=1S/C18H34BN3O6/c1-12(2)15(20)16(23)27-9-10-28-17(24)18(6-3-4-7-19(25)26)13-5-8-21-14(13)11-22-18/h12-15,21-22,25-26H,3-11,20H2,1-2H3/t13-,14-,15-,18+/m0/s1. The number of unbranched alkanes of at least 4 members (excludes halogenated alkanes) is 1. The van der Waals surface area contributed by atoms with Crippen molar-refractivity contribution in [1.29, 1.82) is 0 Å². The smallest absolute Gasteiger partial charge is 0.451 e. The van der Waals surface area contributed by atoms with Crippen LogP contribution < -0.4 is 16.4 Å². The molecule has 2 aliphatic rings. The average molecular weight is 399 g/mol. The van der Waals surface area contributed by atoms with Crippen molar-refractivity contribution in [3.05, 3.63) is 0 Å². The summed E-state index contributed by atoms with van der Waals surface area (Å²) < 4.78 is 10.6. The number of ether oxygens (including phenoxy) is 2. The zero-order valence-electron chi connectivity index (χ0n) is 16.9. The number of fused-ring (bicyclic) bond motifs is 1. The second-order valence-electron chi connectivity index (χ2n) is 8.11. The molecule has 0 unspecified atom stereocenters. The Balaban J connectivity index is 1.86. The van der Waals surface area contributed by atoms with E-state index in [1.54, 1.807) is 0 Å². The van der Waals surface area contributed by atoms with Gasteiger partial charge in [-0.1, -0.05) is 26.7 Å². The third-order valence-electron chi connectivity index (χ3n) is 5.82. The molecule has 6 N–H and O–H groups in total. The molecule has 2 saturated heterocycles. The molecule has 28 heavy (non-hydrogen) atoms. The Morgan fingerprint density at radius 1 is 1.25 bits per heavy atom. The second kappa shape index (κ2) is 10.5. The lowest BCUT2D eigenvalue weighted by molar-refractivity contribution is -0.159. The maximum absolute atomic E-state index is 12.9. The van der Waals surface area contributed by atoms with Gasteiger partial charge >= 0.3 is 19.1 Å². The highest BCUT2D eigenvalue weighted by Gasteiger charge is 2.55. The predicted octanol–water partition coefficient (Wildman–Crippen LogP) is -0.981. The predicted molar refractivity (Wildman–Crippen MR) is 104 cm³/mol. The van der Waals surface area contributed by atoms with Crippen LogP contribution in [0.2, 0.25) is 6.32 Å². The van der Waals surface area contributed by atoms with Gasteiger partial charge in [-0.05, 0) is 31.6 Å². The maximum Gasteiger partial charge on any atom is 0.451 e. The van der Waals surface area contributed by atoms with Crippen molar-refractivity contribution in [2.75, 3.05) is 26.3 Å². The molecule has 0 aromatic rings. The quantitative estimate of drug-likeness (QED) is 0.168. The molecule has 0 spiro atoms. The number of hydrogen-bond acceptors (Lipinski definition) is 9. The van der Waals surface area contributed by atoms with Gasteiger partial charge in [-0.15, -0.1) is 0 Å². The number of hydrogen-bond donors (Lipinski definition) is 5. The zero-order valence-corrected chi connectivity index (χ0v) is 16.9. The van der Waals surface area contributed by atoms with Gasteiger partial charge in [-0.25, -0.2) is 0 Å². The van der Waals surface area contributed by atoms with Crippen LogP contribution in [0.1, 0.15) is 39.5 Å². The molecule has 9 nitrogen and oxygen atoms in total. The van der Waals surface area contributed by atoms with E-state index < -0.39 is 24.7 Å². The Morgan fingerprint density at radius 3 is 2.64 bits per heavy atom. The molecule has 2 fully saturated rings. The van der Waals surface area contributed by atoms with Crippen LogP contribution in [-0.4, -0.2) is 73.0 Å². The van der Waals surface area contributed by atoms with E-state index in [1.165, 1.54) is 0 Å². The first-order chi connectivity index (χ1) is 13.3. The molecule has 10 heteroatoms. The van der Waals surface area contributed by atoms with Gasteiger partial charge in [0, 0.05) is 18.5 Å². The molecule has 2 heterocycles. The summed E-state index contributed by atoms with van der Waals surface area (Å²) in [6.07, 6.45) is 3.03. The molecule has 2 aliphatic heterocycles. The van der Waals surface area contributed by atoms with E-state index >= 15 is 0 Å². The number of nitrogens with one attached hydrogen (secondary N) is 2. The van der Waals surface area contributed by atoms with E-state index in [2.05, 4.69) is 10.6 Å². The van der Waals surface area contributed by atoms with Crippen LogP contribution in [0.3, 0.4) is 0 Å². The van der Waals surface area contributed by atoms with Crippen molar-refractivity contribution in [3.63, 3.8) is 0 Å². The minimum atomic E-state index is -1.33. The summed E-state index contributed by atoms with van der Waals surface area (Å²) in [6, 6.07) is -0.455. The molecule has 4 atom stereocenters. The number of rotatable bonds is 11. The van der Waals surface area contributed by atoms with Crippen molar-refractivity contribution in [2.24, 2.45) is 17.6 Å². The molecule has 0 bridgehead atoms. The Kier molecular flexibility index (Phi) is 8.69. The Hall–Kier alpha value is -1.20. The summed E-state index contributed by atoms with van der Waals surface area (Å²) in [5.74, 6) is -0.721. The largest absolute Gasteiger partial charge is 0.461 e. The van der Waals surface area contributed by atoms with E-state index in [0.29, 0.717) is 25.8 Å². The molecule has 0 saturated carbocycles. The van der Waals surface area contributed by atoms with E-state index in [0.717, 1.165) is 13.0 Å². The van der Waals surface area contributed by atoms with Crippen molar-refractivity contribution in [1.82, 2.24) is 10.6 Å². The van der Waals surface area contributed by atoms with Crippen LogP contribution in [0.25, 0.3) is 0 Å². The van der Waals surface area contributed by atoms with Gasteiger partial charge in [-0.2, -0.15) is 0 Å². The van der Waals surface area contributed by atoms with Gasteiger partial charge in [0.2, 0.25) is 0 Å². The lowest BCUT2D eigenvalue weighted by Crippen LogP contribution is -2.53. The van der Waals surface area contributed by atoms with E-state index in [1.807, 2.05) is 13.8 Å². The third-order valence-corrected chi connectivity index (χ3v) is 5.82. The van der Waals surface area contributed by atoms with Gasteiger partial charge in [0.1, 0.15) is 24.8 Å². The van der Waals surface area contributed by atoms with Crippen molar-refractivity contribution in [3.8, 4) is 0 Å². The maximum atomic E-state index is 12.9. The van der Waals surface area contributed by atoms with E-state index in [4.69, 9.17) is 25.3 Å². The minimum absolute atomic E-state index is 0.0149. The van der Waals surface area contributed by atoms with Crippen LogP contribution in [0.5, 0.6) is 0 Å². The van der Waals surface area contributed by atoms with E-state index in [-0.39, 0.29) is 43.4 Å². The fourth-order valence-corrected chi connectivity index (χ4v) is 4.10. The topological polar surface area (TPSA) is 143 Å². The lowest BCUT2D eigenvalue weighted by atomic mass is 9.77. The molecule has 0 aliphatic carbocycles. The first kappa shape index (κ1) is 23.1. The second-order valence-corrected chi connectivity index (χ2v) is 8.11. The summed E-state index contributed by atoms with van der Waals surface area (Å²) >= 11 is 0. The summed E-state index contributed by atoms with van der Waals surface area (Å²) in [5.41, 5.74) is 4.95. The molecule has 160 valence electrons. The van der Waals surface area contributed by atoms with Gasteiger partial charge < -0.3 is 35.9 Å². The summed E-state index contributed by atoms with van der Waals surface area (Å²) in [5, 5.41) is 24.8. The number of esters is 2. The van der Waals surface area contributed by atoms with Crippen LogP contribution in [-0.2, 0) is 19.1 Å². The Morgan fingerprint density at radius 2 is 1.96 bits per heavy atom. The van der Waals surface area contributed by atoms with Crippen LogP contribution in [0, 0.1) is 11.8 Å². The number of nitrogens with two attached hydrogens (primary N) is 1. The lowest BCUT2D eigenvalue weighted by Gasteiger charge is -2.32. The SMILES string of the molecule is CC(C)[C@H](N)C(=O)OCCOC(=O)[C@]1(CCCCB(O)O)NC[C@@H]2NCC[C@@H]21. The monoisotopic (exact) mass is 399 g/mol. The van der Waals surface area contributed by atoms with Crippen molar-refractivity contribution in [2.45, 2.75) is 63.5 Å². The minimum Gasteiger partial charge on any atom is -0.461 e. The summed E-state index contributed by atoms with van der Waals surface area (Å²) in [4.78, 5) is 24.7. The van der Waals surface area contributed by atoms with Gasteiger partial charge in [0.05, 0.1) is 0 Å². The first-order valence-corrected chi connectivity index (χ1v) is 10.2. The molecule has 0 amide bonds. The first-order valence-electron chi connectivity index (χ1n) is 10.2. The van der Waals surface area contributed by atoms with Crippen LogP contribution in [0.4, 0.5) is 0 Å². The highest BCUT2D eigenvalue weighted by atomic mass is 16.6. The number of carbonyl (C=O) groups excluding carboxylic acids is 2. The fraction of sp³-hybridized carbons (Fsp3) is 0.889. The summed E-state index contributed by atoms with van der Waals surface area (Å²) in [6.45, 7) is 5.20. The van der Waals surface area contributed by atoms with Crippen molar-refractivity contribution >= 4 is 19.1 Å². The normalized spacial score (nSPS) is 27.5. The Labute approximate surface area is 166 Å². The van der Waals surface area contributed by atoms with Gasteiger partial charge in [0.25, 0.3) is 0 Å². The van der Waals surface area contributed by atoms with Gasteiger partial charge in [-0.3, -0.25) is 9.59 Å². The third kappa shape index (κ3) is 5.67. The molecular weight excluding hydrogens is 365 g/mol. The number of carbonyl (C=O) groups is 2. The zero-order chi connectivity index (χ0) is 20.7. The molecule has 0 aromatic carbocycles. The molecule has 2 rings (SSSR count). The van der Waals surface area contributed by atoms with Gasteiger partial charge in [0.15, 0.2) is 0 Å². The van der Waals surface area contributed by atoms with E-state index in [9.17, 15) is 9.59 Å². The molecule has 0 aromatic heterocycles. The van der Waals surface area contributed by atoms with Crippen LogP contribution in [0.15, 0.2) is 0 Å². The molecular formula is C18H34BN3O6. The highest BCUT2D eigenvalue weighted by Crippen LogP contribution is 2.38. The molecule has 0 radical (unpaired) electrons. The van der Waals surface area contributed by atoms with Crippen molar-refractivity contribution < 1.29 is 29.1 Å². The average Bonchev–Trinajstić information content (AvgIpc) is 3.24. The van der Waals surface area contributed by atoms with Crippen LogP contribution >= 0.6 is 0 Å². The highest BCUT2D eigenvalue weighted by molar-refractivity contribution is 6.40. The Bertz CT molecular complexity index is 535. The fourth-order valence-electron chi connectivity index (χ4n) is 4.10. The summed E-state index contributed by atoms with van der Waals surface area (Å²) in [7, 11) is -1.33.